The van der Waals surface area contributed by atoms with Crippen LogP contribution in [0.25, 0.3) is 0 Å². The second-order valence-corrected chi connectivity index (χ2v) is 5.01. The van der Waals surface area contributed by atoms with Crippen LogP contribution in [0, 0.1) is 0 Å². The lowest BCUT2D eigenvalue weighted by molar-refractivity contribution is 0.0939. The number of nitrogens with two attached hydrogens (primary N) is 1. The fraction of sp³-hybridized carbons (Fsp3) is 0.176. The minimum absolute atomic E-state index is 0.230. The summed E-state index contributed by atoms with van der Waals surface area (Å²) in [6.07, 6.45) is 0. The third kappa shape index (κ3) is 4.23. The Morgan fingerprint density at radius 2 is 1.87 bits per heavy atom. The number of benzene rings is 2. The molecule has 0 saturated heterocycles. The molecule has 23 heavy (non-hydrogen) atoms. The van der Waals surface area contributed by atoms with E-state index in [9.17, 15) is 9.59 Å². The SMILES string of the molecule is COc1ccccc1C(C)NC(=O)c1cccc(NC(N)=O)c1. The van der Waals surface area contributed by atoms with Crippen molar-refractivity contribution in [1.82, 2.24) is 5.32 Å². The van der Waals surface area contributed by atoms with Crippen molar-refractivity contribution < 1.29 is 14.3 Å². The maximum Gasteiger partial charge on any atom is 0.316 e. The van der Waals surface area contributed by atoms with Crippen LogP contribution in [0.4, 0.5) is 10.5 Å². The molecule has 2 rings (SSSR count). The monoisotopic (exact) mass is 313 g/mol. The molecular weight excluding hydrogens is 294 g/mol. The first kappa shape index (κ1) is 16.4. The highest BCUT2D eigenvalue weighted by Crippen LogP contribution is 2.24. The molecule has 0 aliphatic rings. The van der Waals surface area contributed by atoms with Crippen LogP contribution in [0.3, 0.4) is 0 Å². The Hall–Kier alpha value is -3.02. The average molecular weight is 313 g/mol. The minimum atomic E-state index is -0.676. The van der Waals surface area contributed by atoms with Gasteiger partial charge in [0.1, 0.15) is 5.75 Å². The Morgan fingerprint density at radius 3 is 2.57 bits per heavy atom. The van der Waals surface area contributed by atoms with Crippen molar-refractivity contribution in [3.63, 3.8) is 0 Å². The van der Waals surface area contributed by atoms with E-state index in [1.165, 1.54) is 0 Å². The molecule has 0 aliphatic heterocycles. The molecule has 6 nitrogen and oxygen atoms in total. The van der Waals surface area contributed by atoms with Gasteiger partial charge in [-0.2, -0.15) is 0 Å². The summed E-state index contributed by atoms with van der Waals surface area (Å²) in [6, 6.07) is 13.2. The first-order valence-corrected chi connectivity index (χ1v) is 7.11. The molecule has 3 amide bonds. The van der Waals surface area contributed by atoms with Crippen LogP contribution in [0.1, 0.15) is 28.9 Å². The average Bonchev–Trinajstić information content (AvgIpc) is 2.54. The van der Waals surface area contributed by atoms with Gasteiger partial charge in [0.05, 0.1) is 13.2 Å². The standard InChI is InChI=1S/C17H19N3O3/c1-11(14-8-3-4-9-15(14)23-2)19-16(21)12-6-5-7-13(10-12)20-17(18)22/h3-11H,1-2H3,(H,19,21)(H3,18,20,22). The van der Waals surface area contributed by atoms with Gasteiger partial charge in [-0.3, -0.25) is 4.79 Å². The van der Waals surface area contributed by atoms with Gasteiger partial charge in [0.15, 0.2) is 0 Å². The van der Waals surface area contributed by atoms with Crippen LogP contribution >= 0.6 is 0 Å². The largest absolute Gasteiger partial charge is 0.496 e. The van der Waals surface area contributed by atoms with E-state index in [0.717, 1.165) is 5.56 Å². The van der Waals surface area contributed by atoms with Crippen molar-refractivity contribution in [2.75, 3.05) is 12.4 Å². The van der Waals surface area contributed by atoms with E-state index >= 15 is 0 Å². The van der Waals surface area contributed by atoms with Crippen molar-refractivity contribution in [2.24, 2.45) is 5.73 Å². The highest BCUT2D eigenvalue weighted by molar-refractivity contribution is 5.96. The molecule has 1 unspecified atom stereocenters. The summed E-state index contributed by atoms with van der Waals surface area (Å²) in [4.78, 5) is 23.3. The Labute approximate surface area is 134 Å². The van der Waals surface area contributed by atoms with E-state index in [2.05, 4.69) is 10.6 Å². The molecule has 0 heterocycles. The van der Waals surface area contributed by atoms with E-state index in [0.29, 0.717) is 17.0 Å². The van der Waals surface area contributed by atoms with Gasteiger partial charge in [0.25, 0.3) is 5.91 Å². The third-order valence-corrected chi connectivity index (χ3v) is 3.35. The van der Waals surface area contributed by atoms with Gasteiger partial charge in [0, 0.05) is 16.8 Å². The lowest BCUT2D eigenvalue weighted by Crippen LogP contribution is -2.27. The zero-order valence-electron chi connectivity index (χ0n) is 13.0. The molecule has 0 aromatic heterocycles. The number of amides is 3. The summed E-state index contributed by atoms with van der Waals surface area (Å²) in [6.45, 7) is 1.88. The molecule has 2 aromatic carbocycles. The molecule has 6 heteroatoms. The number of primary amides is 1. The number of urea groups is 1. The quantitative estimate of drug-likeness (QED) is 0.792. The van der Waals surface area contributed by atoms with Crippen molar-refractivity contribution in [1.29, 1.82) is 0 Å². The summed E-state index contributed by atoms with van der Waals surface area (Å²) in [5.41, 5.74) is 6.86. The molecule has 1 atom stereocenters. The smallest absolute Gasteiger partial charge is 0.316 e. The van der Waals surface area contributed by atoms with Gasteiger partial charge < -0.3 is 21.1 Å². The Kier molecular flexibility index (Phi) is 5.19. The van der Waals surface area contributed by atoms with Crippen LogP contribution < -0.4 is 21.1 Å². The van der Waals surface area contributed by atoms with E-state index in [-0.39, 0.29) is 11.9 Å². The van der Waals surface area contributed by atoms with Gasteiger partial charge >= 0.3 is 6.03 Å². The molecule has 120 valence electrons. The molecule has 0 aliphatic carbocycles. The zero-order valence-corrected chi connectivity index (χ0v) is 13.0. The Balaban J connectivity index is 2.13. The second-order valence-electron chi connectivity index (χ2n) is 5.01. The number of carbonyl (C=O) groups is 2. The van der Waals surface area contributed by atoms with Crippen molar-refractivity contribution in [3.05, 3.63) is 59.7 Å². The van der Waals surface area contributed by atoms with Crippen molar-refractivity contribution in [3.8, 4) is 5.75 Å². The predicted octanol–water partition coefficient (Wildman–Crippen LogP) is 2.68. The van der Waals surface area contributed by atoms with E-state index < -0.39 is 6.03 Å². The van der Waals surface area contributed by atoms with Gasteiger partial charge in [-0.1, -0.05) is 24.3 Å². The van der Waals surface area contributed by atoms with Gasteiger partial charge in [0.2, 0.25) is 0 Å². The summed E-state index contributed by atoms with van der Waals surface area (Å²) in [5, 5.41) is 5.35. The van der Waals surface area contributed by atoms with Gasteiger partial charge in [-0.25, -0.2) is 4.79 Å². The first-order chi connectivity index (χ1) is 11.0. The number of ether oxygens (including phenoxy) is 1. The molecule has 0 radical (unpaired) electrons. The van der Waals surface area contributed by atoms with Crippen molar-refractivity contribution >= 4 is 17.6 Å². The fourth-order valence-electron chi connectivity index (χ4n) is 2.26. The number of hydrogen-bond donors (Lipinski definition) is 3. The van der Waals surface area contributed by atoms with Crippen molar-refractivity contribution in [2.45, 2.75) is 13.0 Å². The first-order valence-electron chi connectivity index (χ1n) is 7.11. The topological polar surface area (TPSA) is 93.4 Å². The molecule has 0 bridgehead atoms. The summed E-state index contributed by atoms with van der Waals surface area (Å²) in [7, 11) is 1.59. The summed E-state index contributed by atoms with van der Waals surface area (Å²) < 4.78 is 5.30. The van der Waals surface area contributed by atoms with Crippen LogP contribution in [0.15, 0.2) is 48.5 Å². The number of rotatable bonds is 5. The van der Waals surface area contributed by atoms with Gasteiger partial charge in [-0.05, 0) is 31.2 Å². The number of carbonyl (C=O) groups excluding carboxylic acids is 2. The van der Waals surface area contributed by atoms with Gasteiger partial charge in [-0.15, -0.1) is 0 Å². The lowest BCUT2D eigenvalue weighted by Gasteiger charge is -2.17. The van der Waals surface area contributed by atoms with Crippen LogP contribution in [0.2, 0.25) is 0 Å². The molecule has 0 fully saturated rings. The molecule has 0 saturated carbocycles. The van der Waals surface area contributed by atoms with Crippen LogP contribution in [-0.4, -0.2) is 19.0 Å². The number of para-hydroxylation sites is 1. The zero-order chi connectivity index (χ0) is 16.8. The summed E-state index contributed by atoms with van der Waals surface area (Å²) >= 11 is 0. The number of hydrogen-bond acceptors (Lipinski definition) is 3. The number of anilines is 1. The maximum atomic E-state index is 12.4. The van der Waals surface area contributed by atoms with E-state index in [1.807, 2.05) is 31.2 Å². The predicted molar refractivity (Wildman–Crippen MR) is 88.5 cm³/mol. The molecule has 2 aromatic rings. The maximum absolute atomic E-state index is 12.4. The highest BCUT2D eigenvalue weighted by atomic mass is 16.5. The molecule has 4 N–H and O–H groups in total. The minimum Gasteiger partial charge on any atom is -0.496 e. The number of nitrogens with one attached hydrogen (secondary N) is 2. The normalized spacial score (nSPS) is 11.4. The third-order valence-electron chi connectivity index (χ3n) is 3.35. The van der Waals surface area contributed by atoms with E-state index in [1.54, 1.807) is 31.4 Å². The Bertz CT molecular complexity index is 716. The van der Waals surface area contributed by atoms with Crippen LogP contribution in [-0.2, 0) is 0 Å². The number of methoxy groups -OCH3 is 1. The second kappa shape index (κ2) is 7.31. The molecule has 0 spiro atoms. The van der Waals surface area contributed by atoms with Crippen LogP contribution in [0.5, 0.6) is 5.75 Å². The highest BCUT2D eigenvalue weighted by Gasteiger charge is 2.15. The lowest BCUT2D eigenvalue weighted by atomic mass is 10.1. The fourth-order valence-corrected chi connectivity index (χ4v) is 2.26. The molecular formula is C17H19N3O3. The summed E-state index contributed by atoms with van der Waals surface area (Å²) in [5.74, 6) is 0.459. The van der Waals surface area contributed by atoms with E-state index in [4.69, 9.17) is 10.5 Å². The Morgan fingerprint density at radius 1 is 1.13 bits per heavy atom.